The van der Waals surface area contributed by atoms with E-state index in [4.69, 9.17) is 5.73 Å². The van der Waals surface area contributed by atoms with Crippen molar-refractivity contribution in [1.29, 1.82) is 0 Å². The molecule has 1 atom stereocenters. The van der Waals surface area contributed by atoms with Crippen LogP contribution in [0.25, 0.3) is 0 Å². The lowest BCUT2D eigenvalue weighted by Gasteiger charge is -2.14. The summed E-state index contributed by atoms with van der Waals surface area (Å²) in [7, 11) is 0. The molecule has 0 aliphatic heterocycles. The van der Waals surface area contributed by atoms with Crippen LogP contribution >= 0.6 is 11.8 Å². The van der Waals surface area contributed by atoms with E-state index in [1.807, 2.05) is 0 Å². The van der Waals surface area contributed by atoms with Gasteiger partial charge in [-0.05, 0) is 36.3 Å². The van der Waals surface area contributed by atoms with Crippen molar-refractivity contribution in [2.45, 2.75) is 31.2 Å². The van der Waals surface area contributed by atoms with Crippen LogP contribution in [0.3, 0.4) is 0 Å². The van der Waals surface area contributed by atoms with Crippen LogP contribution in [0, 0.1) is 5.92 Å². The fraction of sp³-hybridized carbons (Fsp3) is 0.500. The van der Waals surface area contributed by atoms with Gasteiger partial charge in [0.2, 0.25) is 0 Å². The highest BCUT2D eigenvalue weighted by Gasteiger charge is 2.07. The number of benzene rings is 1. The predicted molar refractivity (Wildman–Crippen MR) is 64.6 cm³/mol. The topological polar surface area (TPSA) is 26.0 Å². The molecule has 1 nitrogen and oxygen atoms in total. The van der Waals surface area contributed by atoms with Crippen LogP contribution < -0.4 is 5.73 Å². The third-order valence-electron chi connectivity index (χ3n) is 2.27. The summed E-state index contributed by atoms with van der Waals surface area (Å²) < 4.78 is 0. The second kappa shape index (κ2) is 5.42. The minimum Gasteiger partial charge on any atom is -0.324 e. The molecule has 2 N–H and O–H groups in total. The lowest BCUT2D eigenvalue weighted by atomic mass is 9.98. The van der Waals surface area contributed by atoms with Crippen molar-refractivity contribution < 1.29 is 0 Å². The van der Waals surface area contributed by atoms with Gasteiger partial charge >= 0.3 is 0 Å². The van der Waals surface area contributed by atoms with E-state index in [1.165, 1.54) is 10.5 Å². The average molecular weight is 209 g/mol. The molecule has 0 aliphatic carbocycles. The molecule has 1 rings (SSSR count). The Morgan fingerprint density at radius 1 is 1.21 bits per heavy atom. The summed E-state index contributed by atoms with van der Waals surface area (Å²) in [5.74, 6) is 0.658. The van der Waals surface area contributed by atoms with E-state index in [2.05, 4.69) is 44.4 Å². The molecule has 2 heteroatoms. The van der Waals surface area contributed by atoms with E-state index in [-0.39, 0.29) is 6.04 Å². The van der Waals surface area contributed by atoms with Gasteiger partial charge < -0.3 is 5.73 Å². The Hall–Kier alpha value is -0.470. The first kappa shape index (κ1) is 11.6. The summed E-state index contributed by atoms with van der Waals surface area (Å²) in [4.78, 5) is 1.30. The average Bonchev–Trinajstić information content (AvgIpc) is 2.17. The normalized spacial score (nSPS) is 13.2. The molecule has 0 heterocycles. The van der Waals surface area contributed by atoms with Gasteiger partial charge in [0.15, 0.2) is 0 Å². The highest BCUT2D eigenvalue weighted by atomic mass is 32.2. The van der Waals surface area contributed by atoms with Crippen LogP contribution in [0.1, 0.15) is 31.9 Å². The van der Waals surface area contributed by atoms with Crippen LogP contribution in [0.5, 0.6) is 0 Å². The molecule has 0 aliphatic rings. The number of hydrogen-bond acceptors (Lipinski definition) is 2. The van der Waals surface area contributed by atoms with Gasteiger partial charge in [-0.3, -0.25) is 0 Å². The fourth-order valence-electron chi connectivity index (χ4n) is 1.50. The predicted octanol–water partition coefficient (Wildman–Crippen LogP) is 3.45. The van der Waals surface area contributed by atoms with E-state index >= 15 is 0 Å². The van der Waals surface area contributed by atoms with Gasteiger partial charge in [0, 0.05) is 10.9 Å². The first-order valence-electron chi connectivity index (χ1n) is 5.03. The molecule has 14 heavy (non-hydrogen) atoms. The molecule has 0 amide bonds. The zero-order chi connectivity index (χ0) is 10.6. The Kier molecular flexibility index (Phi) is 4.49. The minimum atomic E-state index is 0.186. The second-order valence-electron chi connectivity index (χ2n) is 4.01. The third-order valence-corrected chi connectivity index (χ3v) is 3.01. The maximum absolute atomic E-state index is 6.08. The Morgan fingerprint density at radius 2 is 1.79 bits per heavy atom. The smallest absolute Gasteiger partial charge is 0.0297 e. The van der Waals surface area contributed by atoms with Crippen LogP contribution in [0.4, 0.5) is 0 Å². The van der Waals surface area contributed by atoms with E-state index in [9.17, 15) is 0 Å². The lowest BCUT2D eigenvalue weighted by molar-refractivity contribution is 0.510. The molecule has 0 fully saturated rings. The van der Waals surface area contributed by atoms with Gasteiger partial charge in [-0.15, -0.1) is 11.8 Å². The van der Waals surface area contributed by atoms with Gasteiger partial charge in [0.1, 0.15) is 0 Å². The Morgan fingerprint density at radius 3 is 2.21 bits per heavy atom. The minimum absolute atomic E-state index is 0.186. The molecule has 0 aromatic heterocycles. The maximum Gasteiger partial charge on any atom is 0.0297 e. The number of nitrogens with two attached hydrogens (primary N) is 1. The molecule has 1 aromatic carbocycles. The van der Waals surface area contributed by atoms with E-state index < -0.39 is 0 Å². The van der Waals surface area contributed by atoms with E-state index in [0.717, 1.165) is 6.42 Å². The highest BCUT2D eigenvalue weighted by Crippen LogP contribution is 2.21. The molecule has 1 unspecified atom stereocenters. The van der Waals surface area contributed by atoms with Crippen molar-refractivity contribution >= 4 is 11.8 Å². The van der Waals surface area contributed by atoms with Crippen molar-refractivity contribution in [1.82, 2.24) is 0 Å². The molecule has 0 bridgehead atoms. The monoisotopic (exact) mass is 209 g/mol. The van der Waals surface area contributed by atoms with Gasteiger partial charge in [0.05, 0.1) is 0 Å². The molecule has 0 saturated heterocycles. The molecule has 0 radical (unpaired) electrons. The largest absolute Gasteiger partial charge is 0.324 e. The number of thioether (sulfide) groups is 1. The van der Waals surface area contributed by atoms with Crippen molar-refractivity contribution in [2.75, 3.05) is 6.26 Å². The van der Waals surface area contributed by atoms with Crippen LogP contribution in [-0.2, 0) is 0 Å². The van der Waals surface area contributed by atoms with Crippen LogP contribution in [0.2, 0.25) is 0 Å². The fourth-order valence-corrected chi connectivity index (χ4v) is 1.90. The summed E-state index contributed by atoms with van der Waals surface area (Å²) in [6, 6.07) is 8.74. The maximum atomic E-state index is 6.08. The SMILES string of the molecule is CSc1ccc(C(N)CC(C)C)cc1. The summed E-state index contributed by atoms with van der Waals surface area (Å²) >= 11 is 1.76. The Labute approximate surface area is 91.1 Å². The first-order valence-corrected chi connectivity index (χ1v) is 6.25. The molecule has 1 aromatic rings. The lowest BCUT2D eigenvalue weighted by Crippen LogP contribution is -2.12. The van der Waals surface area contributed by atoms with Gasteiger partial charge in [-0.1, -0.05) is 26.0 Å². The zero-order valence-electron chi connectivity index (χ0n) is 9.16. The van der Waals surface area contributed by atoms with Gasteiger partial charge in [0.25, 0.3) is 0 Å². The summed E-state index contributed by atoms with van der Waals surface area (Å²) in [5.41, 5.74) is 7.33. The highest BCUT2D eigenvalue weighted by molar-refractivity contribution is 7.98. The Balaban J connectivity index is 2.66. The molecular weight excluding hydrogens is 190 g/mol. The third kappa shape index (κ3) is 3.35. The molecule has 0 saturated carbocycles. The second-order valence-corrected chi connectivity index (χ2v) is 4.89. The summed E-state index contributed by atoms with van der Waals surface area (Å²) in [6.45, 7) is 4.41. The van der Waals surface area contributed by atoms with Crippen LogP contribution in [0.15, 0.2) is 29.2 Å². The number of hydrogen-bond donors (Lipinski definition) is 1. The van der Waals surface area contributed by atoms with Crippen molar-refractivity contribution in [3.63, 3.8) is 0 Å². The standard InChI is InChI=1S/C12H19NS/c1-9(2)8-12(13)10-4-6-11(14-3)7-5-10/h4-7,9,12H,8,13H2,1-3H3. The van der Waals surface area contributed by atoms with E-state index in [1.54, 1.807) is 11.8 Å². The quantitative estimate of drug-likeness (QED) is 0.769. The summed E-state index contributed by atoms with van der Waals surface area (Å²) in [5, 5.41) is 0. The number of rotatable bonds is 4. The summed E-state index contributed by atoms with van der Waals surface area (Å²) in [6.07, 6.45) is 3.14. The zero-order valence-corrected chi connectivity index (χ0v) is 9.97. The van der Waals surface area contributed by atoms with Crippen LogP contribution in [-0.4, -0.2) is 6.26 Å². The van der Waals surface area contributed by atoms with Gasteiger partial charge in [-0.25, -0.2) is 0 Å². The Bertz CT molecular complexity index is 266. The molecular formula is C12H19NS. The first-order chi connectivity index (χ1) is 6.63. The molecule has 0 spiro atoms. The van der Waals surface area contributed by atoms with E-state index in [0.29, 0.717) is 5.92 Å². The van der Waals surface area contributed by atoms with Crippen molar-refractivity contribution in [3.05, 3.63) is 29.8 Å². The van der Waals surface area contributed by atoms with Gasteiger partial charge in [-0.2, -0.15) is 0 Å². The van der Waals surface area contributed by atoms with Crippen molar-refractivity contribution in [3.8, 4) is 0 Å². The molecule has 78 valence electrons. The van der Waals surface area contributed by atoms with Crippen molar-refractivity contribution in [2.24, 2.45) is 11.7 Å².